The van der Waals surface area contributed by atoms with E-state index < -0.39 is 0 Å². The van der Waals surface area contributed by atoms with Crippen LogP contribution in [-0.4, -0.2) is 22.9 Å². The van der Waals surface area contributed by atoms with Gasteiger partial charge < -0.3 is 5.32 Å². The third-order valence-corrected chi connectivity index (χ3v) is 5.16. The minimum Gasteiger partial charge on any atom is -0.310 e. The second-order valence-corrected chi connectivity index (χ2v) is 6.95. The first-order chi connectivity index (χ1) is 13.2. The number of hydrazine groups is 1. The van der Waals surface area contributed by atoms with Gasteiger partial charge in [0.25, 0.3) is 0 Å². The lowest BCUT2D eigenvalue weighted by Gasteiger charge is -2.23. The molecule has 0 saturated carbocycles. The molecular formula is C21H24FN5. The van der Waals surface area contributed by atoms with Crippen molar-refractivity contribution in [2.45, 2.75) is 19.0 Å². The van der Waals surface area contributed by atoms with Crippen LogP contribution in [0.15, 0.2) is 67.0 Å². The van der Waals surface area contributed by atoms with Gasteiger partial charge in [0.2, 0.25) is 0 Å². The van der Waals surface area contributed by atoms with Crippen molar-refractivity contribution < 1.29 is 4.39 Å². The Morgan fingerprint density at radius 2 is 2.00 bits per heavy atom. The van der Waals surface area contributed by atoms with Crippen molar-refractivity contribution in [3.05, 3.63) is 83.9 Å². The summed E-state index contributed by atoms with van der Waals surface area (Å²) >= 11 is 0. The average molecular weight is 365 g/mol. The van der Waals surface area contributed by atoms with Crippen LogP contribution >= 0.6 is 0 Å². The molecule has 3 unspecified atom stereocenters. The summed E-state index contributed by atoms with van der Waals surface area (Å²) < 4.78 is 15.1. The molecule has 4 rings (SSSR count). The molecule has 27 heavy (non-hydrogen) atoms. The summed E-state index contributed by atoms with van der Waals surface area (Å²) in [6.45, 7) is 3.88. The third-order valence-electron chi connectivity index (χ3n) is 5.16. The molecule has 0 spiro atoms. The van der Waals surface area contributed by atoms with Crippen molar-refractivity contribution in [1.82, 2.24) is 25.9 Å². The minimum atomic E-state index is -0.205. The fourth-order valence-corrected chi connectivity index (χ4v) is 3.66. The van der Waals surface area contributed by atoms with Crippen molar-refractivity contribution in [1.29, 1.82) is 0 Å². The summed E-state index contributed by atoms with van der Waals surface area (Å²) in [6.07, 6.45) is 3.75. The topological polar surface area (TPSA) is 53.9 Å². The van der Waals surface area contributed by atoms with Gasteiger partial charge >= 0.3 is 0 Å². The third kappa shape index (κ3) is 3.93. The number of aromatic nitrogens is 2. The van der Waals surface area contributed by atoms with Crippen LogP contribution in [-0.2, 0) is 0 Å². The molecule has 1 aliphatic rings. The number of para-hydroxylation sites is 1. The fraction of sp³-hybridized carbons (Fsp3) is 0.286. The number of hydrogen-bond acceptors (Lipinski definition) is 4. The maximum absolute atomic E-state index is 13.2. The van der Waals surface area contributed by atoms with Crippen molar-refractivity contribution in [2.75, 3.05) is 13.1 Å². The van der Waals surface area contributed by atoms with E-state index in [9.17, 15) is 4.39 Å². The number of nitrogens with zero attached hydrogens (tertiary/aromatic N) is 2. The van der Waals surface area contributed by atoms with E-state index in [0.29, 0.717) is 5.92 Å². The van der Waals surface area contributed by atoms with Crippen molar-refractivity contribution in [3.63, 3.8) is 0 Å². The monoisotopic (exact) mass is 365 g/mol. The van der Waals surface area contributed by atoms with Crippen LogP contribution in [0.25, 0.3) is 5.69 Å². The molecule has 1 aromatic heterocycles. The minimum absolute atomic E-state index is 0.159. The van der Waals surface area contributed by atoms with E-state index in [2.05, 4.69) is 46.4 Å². The number of halogens is 1. The molecule has 3 N–H and O–H groups in total. The van der Waals surface area contributed by atoms with Gasteiger partial charge in [-0.05, 0) is 42.3 Å². The summed E-state index contributed by atoms with van der Waals surface area (Å²) in [5.74, 6) is 0.165. The lowest BCUT2D eigenvalue weighted by Crippen LogP contribution is -2.30. The molecule has 0 bridgehead atoms. The molecule has 1 fully saturated rings. The molecule has 2 aromatic carbocycles. The zero-order chi connectivity index (χ0) is 18.6. The Morgan fingerprint density at radius 3 is 2.78 bits per heavy atom. The fourth-order valence-electron chi connectivity index (χ4n) is 3.66. The van der Waals surface area contributed by atoms with E-state index in [1.807, 2.05) is 35.1 Å². The Labute approximate surface area is 158 Å². The van der Waals surface area contributed by atoms with Crippen LogP contribution in [0.2, 0.25) is 0 Å². The number of hydrogen-bond donors (Lipinski definition) is 3. The van der Waals surface area contributed by atoms with E-state index in [1.165, 1.54) is 17.7 Å². The van der Waals surface area contributed by atoms with Gasteiger partial charge in [0, 0.05) is 37.4 Å². The van der Waals surface area contributed by atoms with Gasteiger partial charge in [-0.2, -0.15) is 5.10 Å². The lowest BCUT2D eigenvalue weighted by molar-refractivity contribution is 0.418. The van der Waals surface area contributed by atoms with E-state index in [4.69, 9.17) is 0 Å². The summed E-state index contributed by atoms with van der Waals surface area (Å²) in [4.78, 5) is 0. The van der Waals surface area contributed by atoms with Gasteiger partial charge in [-0.25, -0.2) is 14.5 Å². The normalized spacial score (nSPS) is 20.7. The molecule has 0 radical (unpaired) electrons. The maximum Gasteiger partial charge on any atom is 0.123 e. The Balaban J connectivity index is 1.45. The lowest BCUT2D eigenvalue weighted by atomic mass is 9.94. The van der Waals surface area contributed by atoms with E-state index in [1.54, 1.807) is 6.20 Å². The van der Waals surface area contributed by atoms with Crippen LogP contribution in [0.4, 0.5) is 4.39 Å². The highest BCUT2D eigenvalue weighted by atomic mass is 19.1. The van der Waals surface area contributed by atoms with E-state index in [-0.39, 0.29) is 17.9 Å². The molecule has 140 valence electrons. The Hall–Kier alpha value is -2.54. The second-order valence-electron chi connectivity index (χ2n) is 6.95. The van der Waals surface area contributed by atoms with Gasteiger partial charge in [0.15, 0.2) is 0 Å². The van der Waals surface area contributed by atoms with Crippen molar-refractivity contribution in [3.8, 4) is 5.69 Å². The largest absolute Gasteiger partial charge is 0.310 e. The van der Waals surface area contributed by atoms with Crippen LogP contribution in [0, 0.1) is 11.7 Å². The van der Waals surface area contributed by atoms with Crippen LogP contribution < -0.4 is 16.2 Å². The standard InChI is InChI=1S/C21H24FN5/c1-15(19-5-2-3-6-20(19)27-12-4-11-25-27)23-13-17-14-24-26-21(17)16-7-9-18(22)10-8-16/h2-12,15,17,21,23-24,26H,13-14H2,1H3. The Kier molecular flexibility index (Phi) is 5.29. The number of nitrogens with one attached hydrogen (secondary N) is 3. The maximum atomic E-state index is 13.2. The van der Waals surface area contributed by atoms with Gasteiger partial charge in [0.1, 0.15) is 5.82 Å². The molecule has 0 aliphatic carbocycles. The molecule has 5 nitrogen and oxygen atoms in total. The summed E-state index contributed by atoms with van der Waals surface area (Å²) in [5.41, 5.74) is 9.93. The molecule has 1 saturated heterocycles. The zero-order valence-corrected chi connectivity index (χ0v) is 15.3. The highest BCUT2D eigenvalue weighted by molar-refractivity contribution is 5.42. The predicted octanol–water partition coefficient (Wildman–Crippen LogP) is 3.13. The highest BCUT2D eigenvalue weighted by Crippen LogP contribution is 2.26. The van der Waals surface area contributed by atoms with Gasteiger partial charge in [-0.15, -0.1) is 0 Å². The molecule has 1 aliphatic heterocycles. The molecular weight excluding hydrogens is 341 g/mol. The smallest absolute Gasteiger partial charge is 0.123 e. The first kappa shape index (κ1) is 17.9. The zero-order valence-electron chi connectivity index (χ0n) is 15.3. The Bertz CT molecular complexity index is 863. The van der Waals surface area contributed by atoms with Crippen LogP contribution in [0.5, 0.6) is 0 Å². The van der Waals surface area contributed by atoms with Crippen molar-refractivity contribution in [2.24, 2.45) is 5.92 Å². The summed E-state index contributed by atoms with van der Waals surface area (Å²) in [6, 6.07) is 17.3. The van der Waals surface area contributed by atoms with Crippen molar-refractivity contribution >= 4 is 0 Å². The van der Waals surface area contributed by atoms with Crippen LogP contribution in [0.3, 0.4) is 0 Å². The summed E-state index contributed by atoms with van der Waals surface area (Å²) in [5, 5.41) is 8.02. The first-order valence-corrected chi connectivity index (χ1v) is 9.28. The average Bonchev–Trinajstić information content (AvgIpc) is 3.39. The Morgan fingerprint density at radius 1 is 1.19 bits per heavy atom. The number of benzene rings is 2. The summed E-state index contributed by atoms with van der Waals surface area (Å²) in [7, 11) is 0. The van der Waals surface area contributed by atoms with Crippen LogP contribution in [0.1, 0.15) is 30.1 Å². The van der Waals surface area contributed by atoms with E-state index >= 15 is 0 Å². The van der Waals surface area contributed by atoms with Gasteiger partial charge in [-0.3, -0.25) is 5.43 Å². The molecule has 0 amide bonds. The second kappa shape index (κ2) is 8.00. The predicted molar refractivity (Wildman–Crippen MR) is 104 cm³/mol. The SMILES string of the molecule is CC(NCC1CNNC1c1ccc(F)cc1)c1ccccc1-n1cccn1. The first-order valence-electron chi connectivity index (χ1n) is 9.28. The molecule has 6 heteroatoms. The quantitative estimate of drug-likeness (QED) is 0.628. The highest BCUT2D eigenvalue weighted by Gasteiger charge is 2.28. The molecule has 3 aromatic rings. The molecule has 3 atom stereocenters. The van der Waals surface area contributed by atoms with E-state index in [0.717, 1.165) is 24.3 Å². The van der Waals surface area contributed by atoms with Gasteiger partial charge in [-0.1, -0.05) is 30.3 Å². The number of rotatable bonds is 6. The molecule has 2 heterocycles. The van der Waals surface area contributed by atoms with Gasteiger partial charge in [0.05, 0.1) is 11.7 Å².